The third-order valence-electron chi connectivity index (χ3n) is 6.16. The molecule has 1 aliphatic rings. The molecule has 0 unspecified atom stereocenters. The van der Waals surface area contributed by atoms with E-state index in [0.717, 1.165) is 41.9 Å². The molecule has 1 N–H and O–H groups in total. The smallest absolute Gasteiger partial charge is 0.214 e. The average Bonchev–Trinajstić information content (AvgIpc) is 3.38. The van der Waals surface area contributed by atoms with Crippen molar-refractivity contribution in [1.29, 1.82) is 0 Å². The van der Waals surface area contributed by atoms with E-state index in [0.29, 0.717) is 19.0 Å². The Bertz CT molecular complexity index is 1070. The van der Waals surface area contributed by atoms with Crippen LogP contribution in [0.5, 0.6) is 0 Å². The molecule has 0 aliphatic heterocycles. The molecular formula is C19H28N6O2S. The molecule has 152 valence electrons. The van der Waals surface area contributed by atoms with E-state index in [1.165, 1.54) is 0 Å². The highest BCUT2D eigenvalue weighted by Crippen LogP contribution is 2.45. The van der Waals surface area contributed by atoms with Crippen LogP contribution in [0.2, 0.25) is 0 Å². The Morgan fingerprint density at radius 3 is 2.71 bits per heavy atom. The van der Waals surface area contributed by atoms with Crippen molar-refractivity contribution in [3.8, 4) is 0 Å². The minimum Gasteiger partial charge on any atom is -0.345 e. The Labute approximate surface area is 165 Å². The quantitative estimate of drug-likeness (QED) is 0.653. The lowest BCUT2D eigenvalue weighted by molar-refractivity contribution is 0.429. The summed E-state index contributed by atoms with van der Waals surface area (Å²) in [5.74, 6) is 1.91. The van der Waals surface area contributed by atoms with Crippen molar-refractivity contribution in [1.82, 2.24) is 28.9 Å². The number of aromatic amines is 1. The summed E-state index contributed by atoms with van der Waals surface area (Å²) in [5.41, 5.74) is 2.50. The molecule has 3 aromatic heterocycles. The average molecular weight is 405 g/mol. The highest BCUT2D eigenvalue weighted by Gasteiger charge is 2.39. The number of nitrogens with one attached hydrogen (secondary N) is 1. The molecule has 0 radical (unpaired) electrons. The Morgan fingerprint density at radius 2 is 2.00 bits per heavy atom. The predicted octanol–water partition coefficient (Wildman–Crippen LogP) is 2.80. The van der Waals surface area contributed by atoms with E-state index >= 15 is 0 Å². The summed E-state index contributed by atoms with van der Waals surface area (Å²) in [6.45, 7) is 7.02. The molecule has 4 rings (SSSR count). The molecule has 28 heavy (non-hydrogen) atoms. The zero-order valence-electron chi connectivity index (χ0n) is 16.7. The van der Waals surface area contributed by atoms with Gasteiger partial charge in [-0.25, -0.2) is 17.7 Å². The van der Waals surface area contributed by atoms with Gasteiger partial charge in [-0.15, -0.1) is 10.2 Å². The van der Waals surface area contributed by atoms with Crippen molar-refractivity contribution in [2.45, 2.75) is 46.0 Å². The molecule has 1 aliphatic carbocycles. The number of hydrogen-bond acceptors (Lipinski definition) is 5. The third kappa shape index (κ3) is 3.20. The molecule has 8 nitrogen and oxygen atoms in total. The van der Waals surface area contributed by atoms with E-state index in [1.54, 1.807) is 10.5 Å². The second kappa shape index (κ2) is 7.44. The van der Waals surface area contributed by atoms with Gasteiger partial charge in [0.1, 0.15) is 5.82 Å². The summed E-state index contributed by atoms with van der Waals surface area (Å²) in [4.78, 5) is 7.52. The lowest BCUT2D eigenvalue weighted by Gasteiger charge is -2.20. The molecular weight excluding hydrogens is 376 g/mol. The van der Waals surface area contributed by atoms with Gasteiger partial charge in [0.15, 0.2) is 11.3 Å². The van der Waals surface area contributed by atoms with E-state index in [1.807, 2.05) is 26.1 Å². The van der Waals surface area contributed by atoms with Crippen LogP contribution in [-0.4, -0.2) is 56.1 Å². The molecule has 3 aromatic rings. The van der Waals surface area contributed by atoms with Gasteiger partial charge < -0.3 is 4.98 Å². The van der Waals surface area contributed by atoms with Crippen LogP contribution in [0.3, 0.4) is 0 Å². The molecule has 1 fully saturated rings. The molecule has 0 spiro atoms. The van der Waals surface area contributed by atoms with Crippen molar-refractivity contribution in [3.63, 3.8) is 0 Å². The van der Waals surface area contributed by atoms with Gasteiger partial charge in [0.05, 0.1) is 17.5 Å². The fourth-order valence-electron chi connectivity index (χ4n) is 4.80. The normalized spacial score (nSPS) is 23.4. The predicted molar refractivity (Wildman–Crippen MR) is 109 cm³/mol. The van der Waals surface area contributed by atoms with Crippen molar-refractivity contribution in [3.05, 3.63) is 24.3 Å². The second-order valence-electron chi connectivity index (χ2n) is 7.70. The van der Waals surface area contributed by atoms with Gasteiger partial charge in [0.2, 0.25) is 10.0 Å². The number of rotatable bonds is 7. The van der Waals surface area contributed by atoms with Crippen LogP contribution in [-0.2, 0) is 10.0 Å². The molecule has 1 saturated carbocycles. The first-order chi connectivity index (χ1) is 13.5. The van der Waals surface area contributed by atoms with E-state index < -0.39 is 10.0 Å². The standard InChI is InChI=1S/C19H28N6O2S/c1-4-14-9-13(12-28(26,27)24(5-2)6-3)10-15(14)19-23-22-17-11-21-18-16(25(17)19)7-8-20-18/h7-8,11,13-15,20H,4-6,9-10,12H2,1-3H3/t13-,14-,15-/m0/s1. The zero-order valence-corrected chi connectivity index (χ0v) is 17.5. The molecule has 9 heteroatoms. The van der Waals surface area contributed by atoms with Gasteiger partial charge in [0, 0.05) is 25.2 Å². The SMILES string of the molecule is CC[C@H]1C[C@H](CS(=O)(=O)N(CC)CC)C[C@@H]1c1nnc2cnc3[nH]ccc3n12. The van der Waals surface area contributed by atoms with Gasteiger partial charge in [-0.1, -0.05) is 27.2 Å². The fourth-order valence-corrected chi connectivity index (χ4v) is 6.67. The largest absolute Gasteiger partial charge is 0.345 e. The molecule has 0 saturated heterocycles. The van der Waals surface area contributed by atoms with Crippen LogP contribution >= 0.6 is 0 Å². The van der Waals surface area contributed by atoms with E-state index in [9.17, 15) is 8.42 Å². The van der Waals surface area contributed by atoms with Crippen LogP contribution < -0.4 is 0 Å². The number of fused-ring (bicyclic) bond motifs is 3. The summed E-state index contributed by atoms with van der Waals surface area (Å²) in [6.07, 6.45) is 6.34. The summed E-state index contributed by atoms with van der Waals surface area (Å²) >= 11 is 0. The maximum atomic E-state index is 12.8. The van der Waals surface area contributed by atoms with Gasteiger partial charge in [-0.2, -0.15) is 0 Å². The zero-order chi connectivity index (χ0) is 19.9. The Morgan fingerprint density at radius 1 is 1.21 bits per heavy atom. The van der Waals surface area contributed by atoms with Crippen molar-refractivity contribution in [2.75, 3.05) is 18.8 Å². The maximum absolute atomic E-state index is 12.8. The monoisotopic (exact) mass is 404 g/mol. The van der Waals surface area contributed by atoms with Gasteiger partial charge in [-0.3, -0.25) is 4.40 Å². The van der Waals surface area contributed by atoms with E-state index in [4.69, 9.17) is 0 Å². The van der Waals surface area contributed by atoms with Crippen LogP contribution in [0.4, 0.5) is 0 Å². The van der Waals surface area contributed by atoms with Crippen LogP contribution in [0.25, 0.3) is 16.8 Å². The van der Waals surface area contributed by atoms with Crippen LogP contribution in [0.15, 0.2) is 18.5 Å². The minimum absolute atomic E-state index is 0.149. The number of nitrogens with zero attached hydrogens (tertiary/aromatic N) is 5. The highest BCUT2D eigenvalue weighted by atomic mass is 32.2. The van der Waals surface area contributed by atoms with Gasteiger partial charge in [0.25, 0.3) is 0 Å². The van der Waals surface area contributed by atoms with Crippen molar-refractivity contribution < 1.29 is 8.42 Å². The van der Waals surface area contributed by atoms with Gasteiger partial charge in [-0.05, 0) is 30.7 Å². The molecule has 3 heterocycles. The Kier molecular flexibility index (Phi) is 5.13. The number of aromatic nitrogens is 5. The molecule has 0 aromatic carbocycles. The minimum atomic E-state index is -3.22. The van der Waals surface area contributed by atoms with Crippen molar-refractivity contribution in [2.24, 2.45) is 11.8 Å². The lowest BCUT2D eigenvalue weighted by atomic mass is 9.93. The van der Waals surface area contributed by atoms with E-state index in [-0.39, 0.29) is 17.6 Å². The summed E-state index contributed by atoms with van der Waals surface area (Å²) < 4.78 is 29.2. The lowest BCUT2D eigenvalue weighted by Crippen LogP contribution is -2.34. The van der Waals surface area contributed by atoms with Crippen LogP contribution in [0, 0.1) is 11.8 Å². The van der Waals surface area contributed by atoms with Crippen LogP contribution in [0.1, 0.15) is 51.8 Å². The van der Waals surface area contributed by atoms with Crippen molar-refractivity contribution >= 4 is 26.8 Å². The Hall–Kier alpha value is -2.00. The molecule has 0 amide bonds. The first-order valence-corrected chi connectivity index (χ1v) is 11.7. The summed E-state index contributed by atoms with van der Waals surface area (Å²) in [6, 6.07) is 1.99. The summed E-state index contributed by atoms with van der Waals surface area (Å²) in [5, 5.41) is 8.83. The molecule has 0 bridgehead atoms. The third-order valence-corrected chi connectivity index (χ3v) is 8.36. The highest BCUT2D eigenvalue weighted by molar-refractivity contribution is 7.89. The Balaban J connectivity index is 1.66. The van der Waals surface area contributed by atoms with E-state index in [2.05, 4.69) is 31.5 Å². The van der Waals surface area contributed by atoms with Gasteiger partial charge >= 0.3 is 0 Å². The number of hydrogen-bond donors (Lipinski definition) is 1. The molecule has 3 atom stereocenters. The first kappa shape index (κ1) is 19.3. The number of H-pyrrole nitrogens is 1. The summed E-state index contributed by atoms with van der Waals surface area (Å²) in [7, 11) is -3.22. The first-order valence-electron chi connectivity index (χ1n) is 10.1. The maximum Gasteiger partial charge on any atom is 0.214 e. The number of sulfonamides is 1. The topological polar surface area (TPSA) is 96.2 Å². The second-order valence-corrected chi connectivity index (χ2v) is 9.71. The fraction of sp³-hybridized carbons (Fsp3) is 0.632.